The highest BCUT2D eigenvalue weighted by atomic mass is 16.3. The second-order valence-corrected chi connectivity index (χ2v) is 5.17. The van der Waals surface area contributed by atoms with E-state index in [2.05, 4.69) is 17.4 Å². The minimum absolute atomic E-state index is 0.0621. The first-order chi connectivity index (χ1) is 6.56. The molecule has 1 heterocycles. The lowest BCUT2D eigenvalue weighted by atomic mass is 9.85. The van der Waals surface area contributed by atoms with E-state index in [9.17, 15) is 5.11 Å². The standard InChI is InChI=1S/C11H22N2O/c1-10(6-5-7-11(10,2)14)13-9-4-3-8-12-13/h12,14H,3-9H2,1-2H3. The second kappa shape index (κ2) is 3.47. The summed E-state index contributed by atoms with van der Waals surface area (Å²) in [5, 5.41) is 12.7. The zero-order valence-electron chi connectivity index (χ0n) is 9.34. The molecule has 0 aromatic heterocycles. The largest absolute Gasteiger partial charge is 0.388 e. The van der Waals surface area contributed by atoms with Crippen LogP contribution >= 0.6 is 0 Å². The number of nitrogens with one attached hydrogen (secondary N) is 1. The molecule has 2 aliphatic rings. The van der Waals surface area contributed by atoms with Gasteiger partial charge in [0, 0.05) is 13.1 Å². The summed E-state index contributed by atoms with van der Waals surface area (Å²) in [4.78, 5) is 0. The molecule has 2 rings (SSSR count). The highest BCUT2D eigenvalue weighted by Gasteiger charge is 2.51. The van der Waals surface area contributed by atoms with Crippen molar-refractivity contribution in [3.05, 3.63) is 0 Å². The summed E-state index contributed by atoms with van der Waals surface area (Å²) < 4.78 is 0. The smallest absolute Gasteiger partial charge is 0.0813 e. The quantitative estimate of drug-likeness (QED) is 0.666. The minimum atomic E-state index is -0.530. The summed E-state index contributed by atoms with van der Waals surface area (Å²) in [6.07, 6.45) is 5.68. The Morgan fingerprint density at radius 3 is 2.43 bits per heavy atom. The van der Waals surface area contributed by atoms with Crippen LogP contribution in [0.2, 0.25) is 0 Å². The van der Waals surface area contributed by atoms with Gasteiger partial charge in [0.05, 0.1) is 11.1 Å². The lowest BCUT2D eigenvalue weighted by molar-refractivity contribution is -0.101. The monoisotopic (exact) mass is 198 g/mol. The molecule has 2 atom stereocenters. The van der Waals surface area contributed by atoms with Crippen LogP contribution in [0.25, 0.3) is 0 Å². The van der Waals surface area contributed by atoms with Gasteiger partial charge in [-0.3, -0.25) is 5.43 Å². The average Bonchev–Trinajstić information content (AvgIpc) is 2.44. The molecular weight excluding hydrogens is 176 g/mol. The highest BCUT2D eigenvalue weighted by molar-refractivity contribution is 5.05. The number of aliphatic hydroxyl groups is 1. The minimum Gasteiger partial charge on any atom is -0.388 e. The average molecular weight is 198 g/mol. The van der Waals surface area contributed by atoms with Gasteiger partial charge in [0.1, 0.15) is 0 Å². The van der Waals surface area contributed by atoms with E-state index in [1.54, 1.807) is 0 Å². The number of nitrogens with zero attached hydrogens (tertiary/aromatic N) is 1. The van der Waals surface area contributed by atoms with Crippen LogP contribution in [0.4, 0.5) is 0 Å². The number of hydrogen-bond acceptors (Lipinski definition) is 3. The van der Waals surface area contributed by atoms with Gasteiger partial charge in [-0.2, -0.15) is 0 Å². The summed E-state index contributed by atoms with van der Waals surface area (Å²) in [5.74, 6) is 0. The topological polar surface area (TPSA) is 35.5 Å². The summed E-state index contributed by atoms with van der Waals surface area (Å²) in [6.45, 7) is 6.31. The van der Waals surface area contributed by atoms with E-state index in [-0.39, 0.29) is 5.54 Å². The third-order valence-electron chi connectivity index (χ3n) is 4.19. The molecule has 14 heavy (non-hydrogen) atoms. The van der Waals surface area contributed by atoms with Crippen molar-refractivity contribution in [2.24, 2.45) is 0 Å². The molecule has 0 aromatic rings. The van der Waals surface area contributed by atoms with Gasteiger partial charge in [0.2, 0.25) is 0 Å². The van der Waals surface area contributed by atoms with Gasteiger partial charge in [0.15, 0.2) is 0 Å². The summed E-state index contributed by atoms with van der Waals surface area (Å²) >= 11 is 0. The molecular formula is C11H22N2O. The highest BCUT2D eigenvalue weighted by Crippen LogP contribution is 2.42. The van der Waals surface area contributed by atoms with E-state index < -0.39 is 5.60 Å². The molecule has 0 amide bonds. The van der Waals surface area contributed by atoms with Crippen LogP contribution in [-0.4, -0.2) is 34.3 Å². The van der Waals surface area contributed by atoms with Crippen molar-refractivity contribution in [2.75, 3.05) is 13.1 Å². The van der Waals surface area contributed by atoms with Crippen LogP contribution in [0.3, 0.4) is 0 Å². The Kier molecular flexibility index (Phi) is 2.58. The molecule has 1 saturated heterocycles. The summed E-state index contributed by atoms with van der Waals surface area (Å²) in [7, 11) is 0. The fraction of sp³-hybridized carbons (Fsp3) is 1.00. The fourth-order valence-electron chi connectivity index (χ4n) is 2.85. The molecule has 2 unspecified atom stereocenters. The summed E-state index contributed by atoms with van der Waals surface area (Å²) in [5.41, 5.74) is 2.84. The van der Waals surface area contributed by atoms with Gasteiger partial charge >= 0.3 is 0 Å². The van der Waals surface area contributed by atoms with Crippen molar-refractivity contribution >= 4 is 0 Å². The van der Waals surface area contributed by atoms with E-state index in [0.29, 0.717) is 0 Å². The van der Waals surface area contributed by atoms with Crippen LogP contribution in [0.5, 0.6) is 0 Å². The van der Waals surface area contributed by atoms with Crippen LogP contribution in [-0.2, 0) is 0 Å². The molecule has 3 heteroatoms. The van der Waals surface area contributed by atoms with Gasteiger partial charge in [0.25, 0.3) is 0 Å². The van der Waals surface area contributed by atoms with Crippen LogP contribution < -0.4 is 5.43 Å². The first-order valence-corrected chi connectivity index (χ1v) is 5.80. The molecule has 82 valence electrons. The predicted octanol–water partition coefficient (Wildman–Crippen LogP) is 1.28. The molecule has 1 aliphatic heterocycles. The maximum Gasteiger partial charge on any atom is 0.0813 e. The van der Waals surface area contributed by atoms with Crippen LogP contribution in [0.15, 0.2) is 0 Å². The first kappa shape index (κ1) is 10.4. The molecule has 3 nitrogen and oxygen atoms in total. The van der Waals surface area contributed by atoms with Gasteiger partial charge in [-0.05, 0) is 46.0 Å². The van der Waals surface area contributed by atoms with Gasteiger partial charge in [-0.25, -0.2) is 5.01 Å². The Bertz CT molecular complexity index is 211. The normalized spacial score (nSPS) is 45.6. The fourth-order valence-corrected chi connectivity index (χ4v) is 2.85. The molecule has 0 bridgehead atoms. The molecule has 0 radical (unpaired) electrons. The number of hydrazine groups is 1. The Morgan fingerprint density at radius 2 is 1.93 bits per heavy atom. The molecule has 2 fully saturated rings. The van der Waals surface area contributed by atoms with E-state index in [1.165, 1.54) is 12.8 Å². The zero-order valence-corrected chi connectivity index (χ0v) is 9.34. The molecule has 1 saturated carbocycles. The van der Waals surface area contributed by atoms with E-state index in [1.807, 2.05) is 6.92 Å². The summed E-state index contributed by atoms with van der Waals surface area (Å²) in [6, 6.07) is 0. The maximum absolute atomic E-state index is 10.4. The Labute approximate surface area is 86.5 Å². The number of rotatable bonds is 1. The van der Waals surface area contributed by atoms with Crippen LogP contribution in [0, 0.1) is 0 Å². The third kappa shape index (κ3) is 1.47. The van der Waals surface area contributed by atoms with Gasteiger partial charge in [-0.15, -0.1) is 0 Å². The van der Waals surface area contributed by atoms with Crippen molar-refractivity contribution in [1.82, 2.24) is 10.4 Å². The Hall–Kier alpha value is -0.120. The molecule has 1 aliphatic carbocycles. The number of hydrogen-bond donors (Lipinski definition) is 2. The first-order valence-electron chi connectivity index (χ1n) is 5.80. The zero-order chi connectivity index (χ0) is 10.2. The van der Waals surface area contributed by atoms with Crippen molar-refractivity contribution in [3.63, 3.8) is 0 Å². The molecule has 2 N–H and O–H groups in total. The second-order valence-electron chi connectivity index (χ2n) is 5.17. The van der Waals surface area contributed by atoms with E-state index in [0.717, 1.165) is 32.4 Å². The van der Waals surface area contributed by atoms with Gasteiger partial charge < -0.3 is 5.11 Å². The van der Waals surface area contributed by atoms with Crippen molar-refractivity contribution in [1.29, 1.82) is 0 Å². The molecule has 0 spiro atoms. The SMILES string of the molecule is CC1(O)CCCC1(C)N1CCCCN1. The van der Waals surface area contributed by atoms with Crippen LogP contribution in [0.1, 0.15) is 46.0 Å². The van der Waals surface area contributed by atoms with Gasteiger partial charge in [-0.1, -0.05) is 0 Å². The maximum atomic E-state index is 10.4. The predicted molar refractivity (Wildman–Crippen MR) is 56.8 cm³/mol. The third-order valence-corrected chi connectivity index (χ3v) is 4.19. The van der Waals surface area contributed by atoms with Crippen molar-refractivity contribution < 1.29 is 5.11 Å². The van der Waals surface area contributed by atoms with Crippen molar-refractivity contribution in [3.8, 4) is 0 Å². The van der Waals surface area contributed by atoms with E-state index in [4.69, 9.17) is 0 Å². The lowest BCUT2D eigenvalue weighted by Gasteiger charge is -2.47. The Balaban J connectivity index is 2.13. The van der Waals surface area contributed by atoms with Crippen molar-refractivity contribution in [2.45, 2.75) is 57.1 Å². The Morgan fingerprint density at radius 1 is 1.14 bits per heavy atom. The lowest BCUT2D eigenvalue weighted by Crippen LogP contribution is -2.64. The van der Waals surface area contributed by atoms with E-state index >= 15 is 0 Å². The molecule has 0 aromatic carbocycles.